The average Bonchev–Trinajstić information content (AvgIpc) is 2.59. The van der Waals surface area contributed by atoms with E-state index in [1.54, 1.807) is 5.70 Å². The second kappa shape index (κ2) is 2.87. The van der Waals surface area contributed by atoms with Crippen LogP contribution in [0.5, 0.6) is 0 Å². The van der Waals surface area contributed by atoms with Gasteiger partial charge in [-0.3, -0.25) is 0 Å². The van der Waals surface area contributed by atoms with E-state index >= 15 is 0 Å². The summed E-state index contributed by atoms with van der Waals surface area (Å²) >= 11 is 2.03. The quantitative estimate of drug-likeness (QED) is 0.567. The minimum absolute atomic E-state index is 1.24. The molecule has 0 aromatic heterocycles. The monoisotopic (exact) mass is 155 g/mol. The van der Waals surface area contributed by atoms with Gasteiger partial charge in [0.1, 0.15) is 0 Å². The smallest absolute Gasteiger partial charge is 0.0335 e. The van der Waals surface area contributed by atoms with Crippen LogP contribution in [0.2, 0.25) is 0 Å². The Labute approximate surface area is 66.5 Å². The molecule has 2 aliphatic rings. The summed E-state index contributed by atoms with van der Waals surface area (Å²) in [7, 11) is 0. The second-order valence-corrected chi connectivity index (χ2v) is 3.94. The van der Waals surface area contributed by atoms with Gasteiger partial charge in [-0.15, -0.1) is 0 Å². The zero-order chi connectivity index (χ0) is 6.81. The Hall–Kier alpha value is -0.110. The number of likely N-dealkylation sites (tertiary alicyclic amines) is 1. The number of nitrogens with zero attached hydrogens (tertiary/aromatic N) is 1. The molecule has 56 valence electrons. The fourth-order valence-electron chi connectivity index (χ4n) is 1.60. The van der Waals surface area contributed by atoms with E-state index in [1.807, 2.05) is 11.8 Å². The van der Waals surface area contributed by atoms with Gasteiger partial charge in [0, 0.05) is 30.3 Å². The predicted molar refractivity (Wildman–Crippen MR) is 46.2 cm³/mol. The van der Waals surface area contributed by atoms with Crippen molar-refractivity contribution in [2.75, 3.05) is 24.6 Å². The largest absolute Gasteiger partial charge is 0.374 e. The molecule has 1 nitrogen and oxygen atoms in total. The molecule has 0 radical (unpaired) electrons. The molecule has 0 N–H and O–H groups in total. The first-order valence-electron chi connectivity index (χ1n) is 3.98. The summed E-state index contributed by atoms with van der Waals surface area (Å²) in [6.07, 6.45) is 5.19. The Morgan fingerprint density at radius 1 is 1.30 bits per heavy atom. The standard InChI is InChI=1S/C8H13NS/c1-2-5-9(4-1)8-3-6-10-7-8/h3H,1-2,4-7H2. The maximum absolute atomic E-state index is 2.54. The highest BCUT2D eigenvalue weighted by atomic mass is 32.2. The van der Waals surface area contributed by atoms with E-state index in [-0.39, 0.29) is 0 Å². The molecule has 0 unspecified atom stereocenters. The van der Waals surface area contributed by atoms with E-state index in [0.717, 1.165) is 0 Å². The van der Waals surface area contributed by atoms with E-state index < -0.39 is 0 Å². The van der Waals surface area contributed by atoms with Crippen LogP contribution in [0, 0.1) is 0 Å². The molecule has 1 fully saturated rings. The molecule has 0 aromatic carbocycles. The Morgan fingerprint density at radius 3 is 2.70 bits per heavy atom. The molecule has 1 saturated heterocycles. The number of rotatable bonds is 1. The fourth-order valence-corrected chi connectivity index (χ4v) is 2.54. The lowest BCUT2D eigenvalue weighted by atomic mass is 10.4. The van der Waals surface area contributed by atoms with Crippen molar-refractivity contribution in [3.63, 3.8) is 0 Å². The maximum Gasteiger partial charge on any atom is 0.0335 e. The van der Waals surface area contributed by atoms with Crippen LogP contribution >= 0.6 is 11.8 Å². The van der Waals surface area contributed by atoms with Crippen molar-refractivity contribution < 1.29 is 0 Å². The average molecular weight is 155 g/mol. The molecule has 0 bridgehead atoms. The van der Waals surface area contributed by atoms with Crippen molar-refractivity contribution in [1.29, 1.82) is 0 Å². The molecule has 10 heavy (non-hydrogen) atoms. The number of hydrogen-bond acceptors (Lipinski definition) is 2. The minimum atomic E-state index is 1.24. The highest BCUT2D eigenvalue weighted by Gasteiger charge is 2.16. The van der Waals surface area contributed by atoms with Gasteiger partial charge >= 0.3 is 0 Å². The van der Waals surface area contributed by atoms with Crippen molar-refractivity contribution in [1.82, 2.24) is 4.90 Å². The highest BCUT2D eigenvalue weighted by Crippen LogP contribution is 2.23. The van der Waals surface area contributed by atoms with Gasteiger partial charge in [0.25, 0.3) is 0 Å². The molecule has 0 aromatic rings. The SMILES string of the molecule is C1=C(N2CCCC2)CSC1. The summed E-state index contributed by atoms with van der Waals surface area (Å²) in [5.41, 5.74) is 1.60. The van der Waals surface area contributed by atoms with Crippen LogP contribution in [0.25, 0.3) is 0 Å². The Balaban J connectivity index is 1.97. The molecular weight excluding hydrogens is 142 g/mol. The van der Waals surface area contributed by atoms with Crippen LogP contribution in [0.3, 0.4) is 0 Å². The molecule has 2 rings (SSSR count). The lowest BCUT2D eigenvalue weighted by molar-refractivity contribution is 0.431. The summed E-state index contributed by atoms with van der Waals surface area (Å²) in [5.74, 6) is 2.51. The van der Waals surface area contributed by atoms with Gasteiger partial charge in [0.15, 0.2) is 0 Å². The van der Waals surface area contributed by atoms with Gasteiger partial charge < -0.3 is 4.90 Å². The maximum atomic E-state index is 2.54. The lowest BCUT2D eigenvalue weighted by Gasteiger charge is -2.17. The van der Waals surface area contributed by atoms with Crippen molar-refractivity contribution in [3.05, 3.63) is 11.8 Å². The van der Waals surface area contributed by atoms with Crippen LogP contribution in [-0.2, 0) is 0 Å². The molecule has 0 atom stereocenters. The molecule has 0 spiro atoms. The summed E-state index contributed by atoms with van der Waals surface area (Å²) in [4.78, 5) is 2.54. The molecular formula is C8H13NS. The number of hydrogen-bond donors (Lipinski definition) is 0. The molecule has 2 heteroatoms. The van der Waals surface area contributed by atoms with Crippen LogP contribution < -0.4 is 0 Å². The molecule has 2 aliphatic heterocycles. The molecule has 0 amide bonds. The highest BCUT2D eigenvalue weighted by molar-refractivity contribution is 7.99. The van der Waals surface area contributed by atoms with E-state index in [2.05, 4.69) is 11.0 Å². The molecule has 0 aliphatic carbocycles. The van der Waals surface area contributed by atoms with Gasteiger partial charge in [-0.1, -0.05) is 6.08 Å². The van der Waals surface area contributed by atoms with Gasteiger partial charge in [-0.25, -0.2) is 0 Å². The van der Waals surface area contributed by atoms with E-state index in [0.29, 0.717) is 0 Å². The molecule has 2 heterocycles. The van der Waals surface area contributed by atoms with Crippen molar-refractivity contribution >= 4 is 11.8 Å². The Bertz CT molecular complexity index is 147. The van der Waals surface area contributed by atoms with Crippen molar-refractivity contribution in [2.45, 2.75) is 12.8 Å². The van der Waals surface area contributed by atoms with Gasteiger partial charge in [0.2, 0.25) is 0 Å². The first kappa shape index (κ1) is 6.59. The summed E-state index contributed by atoms with van der Waals surface area (Å²) in [6.45, 7) is 2.62. The van der Waals surface area contributed by atoms with Gasteiger partial charge in [-0.05, 0) is 12.8 Å². The first-order valence-corrected chi connectivity index (χ1v) is 5.14. The van der Waals surface area contributed by atoms with Crippen molar-refractivity contribution in [2.24, 2.45) is 0 Å². The minimum Gasteiger partial charge on any atom is -0.374 e. The van der Waals surface area contributed by atoms with Crippen molar-refractivity contribution in [3.8, 4) is 0 Å². The predicted octanol–water partition coefficient (Wildman–Crippen LogP) is 1.71. The summed E-state index contributed by atoms with van der Waals surface area (Å²) < 4.78 is 0. The van der Waals surface area contributed by atoms with Crippen LogP contribution in [0.1, 0.15) is 12.8 Å². The van der Waals surface area contributed by atoms with E-state index in [4.69, 9.17) is 0 Å². The van der Waals surface area contributed by atoms with Crippen LogP contribution in [-0.4, -0.2) is 29.5 Å². The zero-order valence-electron chi connectivity index (χ0n) is 6.18. The first-order chi connectivity index (χ1) is 4.97. The third-order valence-corrected chi connectivity index (χ3v) is 3.10. The van der Waals surface area contributed by atoms with E-state index in [1.165, 1.54) is 37.4 Å². The van der Waals surface area contributed by atoms with Gasteiger partial charge in [-0.2, -0.15) is 11.8 Å². The van der Waals surface area contributed by atoms with Crippen LogP contribution in [0.15, 0.2) is 11.8 Å². The fraction of sp³-hybridized carbons (Fsp3) is 0.750. The zero-order valence-corrected chi connectivity index (χ0v) is 6.99. The third-order valence-electron chi connectivity index (χ3n) is 2.20. The molecule has 0 saturated carbocycles. The topological polar surface area (TPSA) is 3.24 Å². The summed E-state index contributed by atoms with van der Waals surface area (Å²) in [5, 5.41) is 0. The summed E-state index contributed by atoms with van der Waals surface area (Å²) in [6, 6.07) is 0. The third kappa shape index (κ3) is 1.17. The van der Waals surface area contributed by atoms with E-state index in [9.17, 15) is 0 Å². The Morgan fingerprint density at radius 2 is 2.10 bits per heavy atom. The van der Waals surface area contributed by atoms with Gasteiger partial charge in [0.05, 0.1) is 0 Å². The lowest BCUT2D eigenvalue weighted by Crippen LogP contribution is -2.18. The number of thioether (sulfide) groups is 1. The second-order valence-electron chi connectivity index (χ2n) is 2.90. The normalized spacial score (nSPS) is 25.6. The Kier molecular flexibility index (Phi) is 1.89. The van der Waals surface area contributed by atoms with Crippen LogP contribution in [0.4, 0.5) is 0 Å².